The maximum Gasteiger partial charge on any atom is 0.327 e. The van der Waals surface area contributed by atoms with E-state index in [-0.39, 0.29) is 23.8 Å². The van der Waals surface area contributed by atoms with E-state index in [1.807, 2.05) is 32.0 Å². The zero-order valence-corrected chi connectivity index (χ0v) is 29.2. The van der Waals surface area contributed by atoms with Crippen molar-refractivity contribution in [3.05, 3.63) is 70.3 Å². The van der Waals surface area contributed by atoms with Gasteiger partial charge < -0.3 is 19.7 Å². The van der Waals surface area contributed by atoms with Crippen molar-refractivity contribution in [1.82, 2.24) is 10.0 Å². The molecule has 2 aliphatic heterocycles. The molecule has 3 amide bonds. The van der Waals surface area contributed by atoms with Crippen LogP contribution in [0.3, 0.4) is 0 Å². The lowest BCUT2D eigenvalue weighted by Crippen LogP contribution is -2.43. The number of carbonyl (C=O) groups is 2. The highest BCUT2D eigenvalue weighted by Gasteiger charge is 2.38. The minimum atomic E-state index is -3.44. The van der Waals surface area contributed by atoms with Gasteiger partial charge in [-0.1, -0.05) is 43.7 Å². The number of ether oxygens (including phenoxy) is 2. The van der Waals surface area contributed by atoms with Gasteiger partial charge in [-0.3, -0.25) is 9.52 Å². The van der Waals surface area contributed by atoms with Crippen LogP contribution < -0.4 is 19.7 Å². The number of allylic oxidation sites excluding steroid dienone is 1. The number of benzene rings is 2. The molecule has 7 atom stereocenters. The van der Waals surface area contributed by atoms with Crippen LogP contribution in [0, 0.1) is 23.7 Å². The Labute approximate surface area is 284 Å². The fraction of sp³-hybridized carbons (Fsp3) is 0.556. The molecule has 11 heteroatoms. The second-order valence-electron chi connectivity index (χ2n) is 13.9. The monoisotopic (exact) mass is 682 g/mol. The number of aryl methyl sites for hydroxylation is 1. The number of urea groups is 1. The molecule has 47 heavy (non-hydrogen) atoms. The minimum Gasteiger partial charge on any atom is -0.491 e. The molecule has 6 rings (SSSR count). The van der Waals surface area contributed by atoms with Gasteiger partial charge in [0.1, 0.15) is 15.7 Å². The van der Waals surface area contributed by atoms with Crippen molar-refractivity contribution >= 4 is 39.1 Å². The van der Waals surface area contributed by atoms with Gasteiger partial charge in [-0.05, 0) is 110 Å². The molecule has 4 aliphatic rings. The lowest BCUT2D eigenvalue weighted by Gasteiger charge is -2.43. The van der Waals surface area contributed by atoms with E-state index >= 15 is 0 Å². The molecule has 1 unspecified atom stereocenters. The van der Waals surface area contributed by atoms with E-state index in [0.717, 1.165) is 55.8 Å². The Kier molecular flexibility index (Phi) is 10.5. The molecule has 254 valence electrons. The summed E-state index contributed by atoms with van der Waals surface area (Å²) >= 11 is 6.45. The number of anilines is 1. The van der Waals surface area contributed by atoms with Gasteiger partial charge in [0.15, 0.2) is 0 Å². The molecule has 2 saturated carbocycles. The molecule has 2 heterocycles. The topological polar surface area (TPSA) is 109 Å². The van der Waals surface area contributed by atoms with Gasteiger partial charge in [0.25, 0.3) is 5.91 Å². The number of carbonyl (C=O) groups excluding carboxylic acids is 2. The quantitative estimate of drug-likeness (QED) is 0.340. The lowest BCUT2D eigenvalue weighted by molar-refractivity contribution is 0.0133. The zero-order valence-electron chi connectivity index (χ0n) is 27.6. The Bertz CT molecular complexity index is 1640. The molecule has 0 aromatic heterocycles. The fourth-order valence-electron chi connectivity index (χ4n) is 7.04. The molecule has 0 spiro atoms. The Balaban J connectivity index is 1.43. The first-order valence-corrected chi connectivity index (χ1v) is 19.0. The average Bonchev–Trinajstić information content (AvgIpc) is 3.71. The van der Waals surface area contributed by atoms with Crippen LogP contribution in [0.2, 0.25) is 5.02 Å². The third kappa shape index (κ3) is 8.32. The number of nitrogens with zero attached hydrogens (tertiary/aromatic N) is 2. The van der Waals surface area contributed by atoms with Gasteiger partial charge >= 0.3 is 6.03 Å². The summed E-state index contributed by atoms with van der Waals surface area (Å²) in [5.41, 5.74) is 3.50. The number of hydrogen-bond donors (Lipinski definition) is 2. The maximum atomic E-state index is 14.3. The van der Waals surface area contributed by atoms with Crippen molar-refractivity contribution in [3.8, 4) is 5.75 Å². The molecule has 2 fully saturated rings. The van der Waals surface area contributed by atoms with Crippen molar-refractivity contribution < 1.29 is 23.3 Å². The molecule has 2 bridgehead atoms. The first-order valence-electron chi connectivity index (χ1n) is 17.0. The Morgan fingerprint density at radius 3 is 2.70 bits per heavy atom. The Hall–Kier alpha value is -3.08. The van der Waals surface area contributed by atoms with Gasteiger partial charge in [0.05, 0.1) is 24.2 Å². The fourth-order valence-corrected chi connectivity index (χ4v) is 9.07. The number of halogens is 1. The molecule has 2 aromatic rings. The number of methoxy groups -OCH3 is 1. The standard InChI is InChI=1S/C36H47ClN4O5S/c1-23-7-6-9-33(45-3)30-14-11-28(30)21-41-20-27-10-13-29(37)18-25(27)8-4-5-16-46-34-15-12-26(19-32(34)41)35(42)39-47(44,22-23)40-36(43)38-31-17-24(31)2/h6,9-10,12-13,15,18-19,23-24,28,30-31,33H,4-5,7-8,11,14,16-17,20-22H2,1-3H3,(H2,38,39,40,42,43,44)/b9-6+/t23-,24-,28-,30+,31-,33-,47?/m0/s1. The van der Waals surface area contributed by atoms with Gasteiger partial charge in [0.2, 0.25) is 0 Å². The van der Waals surface area contributed by atoms with Gasteiger partial charge in [0, 0.05) is 36.8 Å². The van der Waals surface area contributed by atoms with E-state index in [9.17, 15) is 13.8 Å². The number of amides is 3. The van der Waals surface area contributed by atoms with Crippen LogP contribution >= 0.6 is 11.6 Å². The number of hydrogen-bond acceptors (Lipinski definition) is 6. The first-order chi connectivity index (χ1) is 22.6. The van der Waals surface area contributed by atoms with E-state index in [4.69, 9.17) is 21.1 Å². The van der Waals surface area contributed by atoms with Crippen molar-refractivity contribution in [2.75, 3.05) is 30.9 Å². The summed E-state index contributed by atoms with van der Waals surface area (Å²) in [6.07, 6.45) is 10.5. The van der Waals surface area contributed by atoms with E-state index in [2.05, 4.69) is 43.6 Å². The SMILES string of the molecule is CO[C@H]1/C=C/C[C@H](C)CS(=O)(NC(=O)N[C@H]2C[C@@H]2C)=NC(=O)c2ccc3c(c2)N(Cc2ccc(Cl)cc2CCCCO3)C[C@@H]2CC[C@H]21. The van der Waals surface area contributed by atoms with Crippen molar-refractivity contribution in [2.45, 2.75) is 77.5 Å². The summed E-state index contributed by atoms with van der Waals surface area (Å²) in [6.45, 7) is 5.92. The van der Waals surface area contributed by atoms with Gasteiger partial charge in [-0.2, -0.15) is 0 Å². The molecular weight excluding hydrogens is 636 g/mol. The van der Waals surface area contributed by atoms with Crippen LogP contribution in [0.25, 0.3) is 0 Å². The second kappa shape index (κ2) is 14.6. The van der Waals surface area contributed by atoms with E-state index in [0.29, 0.717) is 48.6 Å². The molecule has 2 N–H and O–H groups in total. The predicted molar refractivity (Wildman–Crippen MR) is 186 cm³/mol. The maximum absolute atomic E-state index is 14.3. The summed E-state index contributed by atoms with van der Waals surface area (Å²) in [7, 11) is -1.68. The molecule has 0 saturated heterocycles. The molecule has 9 nitrogen and oxygen atoms in total. The molecular formula is C36H47ClN4O5S. The second-order valence-corrected chi connectivity index (χ2v) is 16.3. The molecule has 2 aromatic carbocycles. The summed E-state index contributed by atoms with van der Waals surface area (Å²) < 4.78 is 33.5. The van der Waals surface area contributed by atoms with Crippen molar-refractivity contribution in [1.29, 1.82) is 0 Å². The number of fused-ring (bicyclic) bond motifs is 3. The minimum absolute atomic E-state index is 0.0415. The Morgan fingerprint density at radius 1 is 1.13 bits per heavy atom. The van der Waals surface area contributed by atoms with Crippen LogP contribution in [-0.2, 0) is 27.6 Å². The third-order valence-corrected chi connectivity index (χ3v) is 12.3. The smallest absolute Gasteiger partial charge is 0.327 e. The van der Waals surface area contributed by atoms with E-state index in [1.54, 1.807) is 13.2 Å². The summed E-state index contributed by atoms with van der Waals surface area (Å²) in [6, 6.07) is 10.9. The van der Waals surface area contributed by atoms with Crippen LogP contribution in [0.1, 0.15) is 73.9 Å². The molecule has 0 radical (unpaired) electrons. The number of rotatable bonds is 3. The number of nitrogens with one attached hydrogen (secondary N) is 2. The van der Waals surface area contributed by atoms with Crippen molar-refractivity contribution in [3.63, 3.8) is 0 Å². The highest BCUT2D eigenvalue weighted by Crippen LogP contribution is 2.42. The zero-order chi connectivity index (χ0) is 33.1. The van der Waals surface area contributed by atoms with Crippen LogP contribution in [0.4, 0.5) is 10.5 Å². The van der Waals surface area contributed by atoms with Crippen LogP contribution in [0.15, 0.2) is 52.9 Å². The summed E-state index contributed by atoms with van der Waals surface area (Å²) in [4.78, 5) is 29.0. The largest absolute Gasteiger partial charge is 0.491 e. The highest BCUT2D eigenvalue weighted by molar-refractivity contribution is 7.92. The third-order valence-electron chi connectivity index (χ3n) is 10.1. The predicted octanol–water partition coefficient (Wildman–Crippen LogP) is 6.93. The average molecular weight is 683 g/mol. The first kappa shape index (κ1) is 33.8. The van der Waals surface area contributed by atoms with Gasteiger partial charge in [-0.15, -0.1) is 4.36 Å². The van der Waals surface area contributed by atoms with Gasteiger partial charge in [-0.25, -0.2) is 9.00 Å². The highest BCUT2D eigenvalue weighted by atomic mass is 35.5. The summed E-state index contributed by atoms with van der Waals surface area (Å²) in [5.74, 6) is 1.09. The van der Waals surface area contributed by atoms with Crippen molar-refractivity contribution in [2.24, 2.45) is 28.0 Å². The molecule has 2 aliphatic carbocycles. The summed E-state index contributed by atoms with van der Waals surface area (Å²) in [5, 5.41) is 3.59. The normalized spacial score (nSPS) is 31.7. The Morgan fingerprint density at radius 2 is 1.96 bits per heavy atom. The van der Waals surface area contributed by atoms with Crippen LogP contribution in [-0.4, -0.2) is 54.3 Å². The van der Waals surface area contributed by atoms with E-state index < -0.39 is 21.9 Å². The van der Waals surface area contributed by atoms with E-state index in [1.165, 1.54) is 11.1 Å². The lowest BCUT2D eigenvalue weighted by atomic mass is 9.70. The van der Waals surface area contributed by atoms with Crippen LogP contribution in [0.5, 0.6) is 5.75 Å².